The van der Waals surface area contributed by atoms with E-state index in [1.54, 1.807) is 13.3 Å². The van der Waals surface area contributed by atoms with E-state index in [-0.39, 0.29) is 0 Å². The minimum atomic E-state index is 0.668. The van der Waals surface area contributed by atoms with Gasteiger partial charge in [-0.15, -0.1) is 0 Å². The Balaban J connectivity index is 2.02. The zero-order valence-electron chi connectivity index (χ0n) is 12.6. The van der Waals surface area contributed by atoms with Crippen LogP contribution in [0.15, 0.2) is 41.3 Å². The van der Waals surface area contributed by atoms with E-state index >= 15 is 0 Å². The summed E-state index contributed by atoms with van der Waals surface area (Å²) in [5, 5.41) is 3.99. The summed E-state index contributed by atoms with van der Waals surface area (Å²) >= 11 is 9.82. The number of anilines is 1. The van der Waals surface area contributed by atoms with Gasteiger partial charge in [-0.3, -0.25) is 4.40 Å². The summed E-state index contributed by atoms with van der Waals surface area (Å²) in [6.07, 6.45) is 4.57. The number of hydrogen-bond acceptors (Lipinski definition) is 4. The Morgan fingerprint density at radius 3 is 2.96 bits per heavy atom. The molecule has 1 N–H and O–H groups in total. The SMILES string of the molecule is COCCCNc1nc(-c2ccccc2Cl)cn2c(Br)cnc12. The van der Waals surface area contributed by atoms with Crippen molar-refractivity contribution in [2.75, 3.05) is 25.6 Å². The summed E-state index contributed by atoms with van der Waals surface area (Å²) in [5.74, 6) is 0.726. The molecule has 0 aliphatic carbocycles. The second kappa shape index (κ2) is 7.29. The molecule has 3 aromatic rings. The Hall–Kier alpha value is -1.63. The van der Waals surface area contributed by atoms with Crippen LogP contribution in [0.1, 0.15) is 6.42 Å². The molecule has 5 nitrogen and oxygen atoms in total. The van der Waals surface area contributed by atoms with E-state index in [0.717, 1.165) is 40.3 Å². The molecule has 0 spiro atoms. The van der Waals surface area contributed by atoms with Gasteiger partial charge in [0.15, 0.2) is 11.5 Å². The third-order valence-corrected chi connectivity index (χ3v) is 4.33. The van der Waals surface area contributed by atoms with Crippen LogP contribution < -0.4 is 5.32 Å². The fraction of sp³-hybridized carbons (Fsp3) is 0.250. The van der Waals surface area contributed by atoms with Crippen LogP contribution in [-0.4, -0.2) is 34.6 Å². The molecule has 0 saturated heterocycles. The molecular formula is C16H16BrClN4O. The average molecular weight is 396 g/mol. The Kier molecular flexibility index (Phi) is 5.15. The molecule has 0 atom stereocenters. The molecule has 0 aliphatic rings. The molecule has 3 rings (SSSR count). The van der Waals surface area contributed by atoms with Gasteiger partial charge < -0.3 is 10.1 Å². The van der Waals surface area contributed by atoms with Crippen LogP contribution in [0.3, 0.4) is 0 Å². The first-order valence-corrected chi connectivity index (χ1v) is 8.39. The maximum atomic E-state index is 6.31. The van der Waals surface area contributed by atoms with E-state index in [4.69, 9.17) is 21.3 Å². The van der Waals surface area contributed by atoms with Gasteiger partial charge in [-0.2, -0.15) is 0 Å². The van der Waals surface area contributed by atoms with Crippen molar-refractivity contribution in [2.45, 2.75) is 6.42 Å². The lowest BCUT2D eigenvalue weighted by atomic mass is 10.1. The maximum Gasteiger partial charge on any atom is 0.181 e. The van der Waals surface area contributed by atoms with Crippen molar-refractivity contribution < 1.29 is 4.74 Å². The molecule has 120 valence electrons. The van der Waals surface area contributed by atoms with Crippen molar-refractivity contribution in [3.63, 3.8) is 0 Å². The second-order valence-corrected chi connectivity index (χ2v) is 6.22. The summed E-state index contributed by atoms with van der Waals surface area (Å²) in [5.41, 5.74) is 2.44. The number of imidazole rings is 1. The zero-order chi connectivity index (χ0) is 16.2. The average Bonchev–Trinajstić information content (AvgIpc) is 2.93. The van der Waals surface area contributed by atoms with Crippen molar-refractivity contribution in [3.05, 3.63) is 46.3 Å². The molecule has 0 fully saturated rings. The summed E-state index contributed by atoms with van der Waals surface area (Å²) in [4.78, 5) is 9.10. The van der Waals surface area contributed by atoms with Crippen molar-refractivity contribution in [1.29, 1.82) is 0 Å². The number of aromatic nitrogens is 3. The largest absolute Gasteiger partial charge is 0.385 e. The molecule has 0 amide bonds. The minimum Gasteiger partial charge on any atom is -0.385 e. The number of ether oxygens (including phenoxy) is 1. The first kappa shape index (κ1) is 16.2. The van der Waals surface area contributed by atoms with Gasteiger partial charge in [0.05, 0.1) is 16.9 Å². The number of methoxy groups -OCH3 is 1. The lowest BCUT2D eigenvalue weighted by Crippen LogP contribution is -2.08. The van der Waals surface area contributed by atoms with E-state index in [1.165, 1.54) is 0 Å². The first-order valence-electron chi connectivity index (χ1n) is 7.22. The van der Waals surface area contributed by atoms with Gasteiger partial charge >= 0.3 is 0 Å². The fourth-order valence-electron chi connectivity index (χ4n) is 2.30. The standard InChI is InChI=1S/C16H16BrClN4O/c1-23-8-4-7-19-15-16-20-9-14(17)22(16)10-13(21-15)11-5-2-3-6-12(11)18/h2-3,5-6,9-10H,4,7-8H2,1H3,(H,19,21). The number of nitrogens with one attached hydrogen (secondary N) is 1. The van der Waals surface area contributed by atoms with Crippen LogP contribution >= 0.6 is 27.5 Å². The minimum absolute atomic E-state index is 0.668. The number of nitrogens with zero attached hydrogens (tertiary/aromatic N) is 3. The lowest BCUT2D eigenvalue weighted by molar-refractivity contribution is 0.198. The topological polar surface area (TPSA) is 51.5 Å². The molecule has 0 radical (unpaired) electrons. The number of benzene rings is 1. The summed E-state index contributed by atoms with van der Waals surface area (Å²) < 4.78 is 7.89. The maximum absolute atomic E-state index is 6.31. The first-order chi connectivity index (χ1) is 11.2. The van der Waals surface area contributed by atoms with E-state index in [9.17, 15) is 0 Å². The van der Waals surface area contributed by atoms with Crippen LogP contribution in [-0.2, 0) is 4.74 Å². The fourth-order valence-corrected chi connectivity index (χ4v) is 2.91. The molecule has 2 aromatic heterocycles. The van der Waals surface area contributed by atoms with Crippen LogP contribution in [0.4, 0.5) is 5.82 Å². The highest BCUT2D eigenvalue weighted by molar-refractivity contribution is 9.10. The summed E-state index contributed by atoms with van der Waals surface area (Å²) in [6.45, 7) is 1.46. The molecule has 7 heteroatoms. The van der Waals surface area contributed by atoms with Crippen molar-refractivity contribution in [3.8, 4) is 11.3 Å². The predicted molar refractivity (Wildman–Crippen MR) is 96.1 cm³/mol. The third kappa shape index (κ3) is 3.49. The summed E-state index contributed by atoms with van der Waals surface area (Å²) in [6, 6.07) is 7.66. The second-order valence-electron chi connectivity index (χ2n) is 5.00. The highest BCUT2D eigenvalue weighted by atomic mass is 79.9. The molecule has 23 heavy (non-hydrogen) atoms. The Morgan fingerprint density at radius 1 is 1.35 bits per heavy atom. The van der Waals surface area contributed by atoms with E-state index < -0.39 is 0 Å². The van der Waals surface area contributed by atoms with E-state index in [2.05, 4.69) is 26.2 Å². The lowest BCUT2D eigenvalue weighted by Gasteiger charge is -2.11. The molecule has 0 unspecified atom stereocenters. The van der Waals surface area contributed by atoms with Crippen molar-refractivity contribution in [2.24, 2.45) is 0 Å². The summed E-state index contributed by atoms with van der Waals surface area (Å²) in [7, 11) is 1.69. The van der Waals surface area contributed by atoms with Gasteiger partial charge in [0.1, 0.15) is 4.60 Å². The Labute approximate surface area is 147 Å². The highest BCUT2D eigenvalue weighted by Gasteiger charge is 2.12. The van der Waals surface area contributed by atoms with E-state index in [1.807, 2.05) is 34.9 Å². The monoisotopic (exact) mass is 394 g/mol. The molecule has 0 aliphatic heterocycles. The quantitative estimate of drug-likeness (QED) is 0.634. The van der Waals surface area contributed by atoms with Gasteiger partial charge in [-0.05, 0) is 28.4 Å². The molecule has 2 heterocycles. The van der Waals surface area contributed by atoms with Crippen LogP contribution in [0.2, 0.25) is 5.02 Å². The van der Waals surface area contributed by atoms with Crippen LogP contribution in [0, 0.1) is 0 Å². The Morgan fingerprint density at radius 2 is 2.17 bits per heavy atom. The molecular weight excluding hydrogens is 380 g/mol. The van der Waals surface area contributed by atoms with Gasteiger partial charge in [-0.1, -0.05) is 29.8 Å². The third-order valence-electron chi connectivity index (χ3n) is 3.41. The van der Waals surface area contributed by atoms with Gasteiger partial charge in [0.2, 0.25) is 0 Å². The van der Waals surface area contributed by atoms with Crippen LogP contribution in [0.5, 0.6) is 0 Å². The molecule has 0 saturated carbocycles. The predicted octanol–water partition coefficient (Wildman–Crippen LogP) is 4.26. The Bertz CT molecular complexity index is 821. The molecule has 0 bridgehead atoms. The normalized spacial score (nSPS) is 11.1. The van der Waals surface area contributed by atoms with Gasteiger partial charge in [0, 0.05) is 32.0 Å². The number of halogens is 2. The highest BCUT2D eigenvalue weighted by Crippen LogP contribution is 2.29. The number of fused-ring (bicyclic) bond motifs is 1. The number of hydrogen-bond donors (Lipinski definition) is 1. The van der Waals surface area contributed by atoms with Crippen molar-refractivity contribution >= 4 is 39.0 Å². The number of rotatable bonds is 6. The van der Waals surface area contributed by atoms with Crippen molar-refractivity contribution in [1.82, 2.24) is 14.4 Å². The van der Waals surface area contributed by atoms with Gasteiger partial charge in [0.25, 0.3) is 0 Å². The van der Waals surface area contributed by atoms with E-state index in [0.29, 0.717) is 11.6 Å². The van der Waals surface area contributed by atoms with Crippen LogP contribution in [0.25, 0.3) is 16.9 Å². The zero-order valence-corrected chi connectivity index (χ0v) is 14.9. The van der Waals surface area contributed by atoms with Gasteiger partial charge in [-0.25, -0.2) is 9.97 Å². The molecule has 1 aromatic carbocycles. The smallest absolute Gasteiger partial charge is 0.181 e.